The van der Waals surface area contributed by atoms with E-state index in [0.717, 1.165) is 0 Å². The summed E-state index contributed by atoms with van der Waals surface area (Å²) in [6.07, 6.45) is 1.12. The average molecular weight is 613 g/mol. The van der Waals surface area contributed by atoms with Gasteiger partial charge in [-0.1, -0.05) is 20.6 Å². The summed E-state index contributed by atoms with van der Waals surface area (Å²) in [7, 11) is 0. The molecule has 16 heteroatoms. The number of carbonyl (C=O) groups excluding carboxylic acids is 4. The lowest BCUT2D eigenvalue weighted by Gasteiger charge is -2.01. The molecule has 0 saturated carbocycles. The van der Waals surface area contributed by atoms with Crippen molar-refractivity contribution in [1.82, 2.24) is 20.6 Å². The van der Waals surface area contributed by atoms with E-state index in [1.807, 2.05) is 0 Å². The molecule has 232 valence electrons. The van der Waals surface area contributed by atoms with E-state index in [-0.39, 0.29) is 77.8 Å². The Bertz CT molecular complexity index is 1250. The maximum Gasteiger partial charge on any atom is 0.306 e. The highest BCUT2D eigenvalue weighted by atomic mass is 16.6. The van der Waals surface area contributed by atoms with Gasteiger partial charge in [-0.25, -0.2) is 0 Å². The molecule has 0 radical (unpaired) electrons. The Kier molecular flexibility index (Phi) is 10.1. The molecule has 0 spiro atoms. The molecule has 0 N–H and O–H groups in total. The zero-order valence-electron chi connectivity index (χ0n) is 23.5. The van der Waals surface area contributed by atoms with Gasteiger partial charge in [0.15, 0.2) is 49.5 Å². The molecule has 4 aromatic rings. The normalized spacial score (nSPS) is 16.9. The summed E-state index contributed by atoms with van der Waals surface area (Å²) in [6, 6.07) is 6.35. The fraction of sp³-hybridized carbons (Fsp3) is 0.429. The van der Waals surface area contributed by atoms with Crippen molar-refractivity contribution >= 4 is 23.9 Å². The number of cyclic esters (lactones) is 4. The Labute approximate surface area is 248 Å². The van der Waals surface area contributed by atoms with Crippen LogP contribution in [-0.4, -0.2) is 44.5 Å². The Morgan fingerprint density at radius 1 is 0.364 bits per heavy atom. The Morgan fingerprint density at radius 2 is 0.591 bits per heavy atom. The van der Waals surface area contributed by atoms with Crippen LogP contribution < -0.4 is 0 Å². The monoisotopic (exact) mass is 612 g/mol. The fourth-order valence-corrected chi connectivity index (χ4v) is 3.98. The van der Waals surface area contributed by atoms with Crippen LogP contribution in [0.15, 0.2) is 42.4 Å². The van der Waals surface area contributed by atoms with Gasteiger partial charge < -0.3 is 37.0 Å². The van der Waals surface area contributed by atoms with Gasteiger partial charge in [0.05, 0.1) is 48.5 Å². The van der Waals surface area contributed by atoms with Gasteiger partial charge in [-0.2, -0.15) is 0 Å². The Morgan fingerprint density at radius 3 is 0.818 bits per heavy atom. The molecule has 5 heterocycles. The molecule has 0 aliphatic carbocycles. The number of carbonyl (C=O) groups is 4. The van der Waals surface area contributed by atoms with Gasteiger partial charge in [0.1, 0.15) is 0 Å². The number of aryl methyl sites for hydroxylation is 4. The molecular formula is C28H28N4O12. The highest BCUT2D eigenvalue weighted by Gasteiger charge is 2.16. The number of hydrogen-bond donors (Lipinski definition) is 0. The minimum absolute atomic E-state index is 0.0319. The summed E-state index contributed by atoms with van der Waals surface area (Å²) in [5.74, 6) is -0.672. The van der Waals surface area contributed by atoms with Gasteiger partial charge in [0.2, 0.25) is 0 Å². The van der Waals surface area contributed by atoms with E-state index in [1.54, 1.807) is 24.3 Å². The predicted octanol–water partition coefficient (Wildman–Crippen LogP) is 2.66. The summed E-state index contributed by atoms with van der Waals surface area (Å²) in [4.78, 5) is 48.7. The quantitative estimate of drug-likeness (QED) is 0.206. The fourth-order valence-electron chi connectivity index (χ4n) is 3.98. The van der Waals surface area contributed by atoms with Crippen LogP contribution in [0, 0.1) is 0 Å². The van der Waals surface area contributed by atoms with Crippen LogP contribution in [0.25, 0.3) is 0 Å². The topological polar surface area (TPSA) is 209 Å². The molecule has 0 amide bonds. The van der Waals surface area contributed by atoms with Crippen LogP contribution in [0.1, 0.15) is 71.5 Å². The number of fused-ring (bicyclic) bond motifs is 8. The number of ether oxygens (including phenoxy) is 4. The molecule has 0 fully saturated rings. The molecule has 0 saturated heterocycles. The molecular weight excluding hydrogens is 584 g/mol. The summed E-state index contributed by atoms with van der Waals surface area (Å²) in [6.45, 7) is -0.510. The van der Waals surface area contributed by atoms with Crippen LogP contribution in [-0.2, 0) is 90.2 Å². The van der Waals surface area contributed by atoms with Crippen molar-refractivity contribution in [2.75, 3.05) is 0 Å². The largest absolute Gasteiger partial charge is 0.457 e. The highest BCUT2D eigenvalue weighted by molar-refractivity contribution is 5.71. The lowest BCUT2D eigenvalue weighted by molar-refractivity contribution is -0.146. The van der Waals surface area contributed by atoms with Crippen LogP contribution in [0.4, 0.5) is 0 Å². The van der Waals surface area contributed by atoms with Gasteiger partial charge >= 0.3 is 23.9 Å². The van der Waals surface area contributed by atoms with E-state index in [0.29, 0.717) is 45.8 Å². The van der Waals surface area contributed by atoms with E-state index in [9.17, 15) is 19.2 Å². The third kappa shape index (κ3) is 9.37. The van der Waals surface area contributed by atoms with Gasteiger partial charge in [0.25, 0.3) is 0 Å². The third-order valence-corrected chi connectivity index (χ3v) is 6.27. The summed E-state index contributed by atoms with van der Waals surface area (Å²) in [5.41, 5.74) is 1.97. The first-order valence-electron chi connectivity index (χ1n) is 13.8. The Balaban J connectivity index is 1.16. The molecule has 1 aliphatic heterocycles. The lowest BCUT2D eigenvalue weighted by Crippen LogP contribution is -2.06. The molecule has 5 rings (SSSR count). The zero-order valence-corrected chi connectivity index (χ0v) is 23.5. The molecule has 0 unspecified atom stereocenters. The van der Waals surface area contributed by atoms with Crippen molar-refractivity contribution < 1.29 is 56.2 Å². The van der Waals surface area contributed by atoms with Crippen LogP contribution >= 0.6 is 0 Å². The smallest absolute Gasteiger partial charge is 0.306 e. The van der Waals surface area contributed by atoms with E-state index < -0.39 is 23.9 Å². The van der Waals surface area contributed by atoms with Crippen molar-refractivity contribution in [2.24, 2.45) is 0 Å². The van der Waals surface area contributed by atoms with Crippen LogP contribution in [0.5, 0.6) is 0 Å². The minimum atomic E-state index is -0.488. The minimum Gasteiger partial charge on any atom is -0.457 e. The number of nitrogens with zero attached hydrogens (tertiary/aromatic N) is 4. The summed E-state index contributed by atoms with van der Waals surface area (Å²) in [5, 5.41) is 15.5. The van der Waals surface area contributed by atoms with Gasteiger partial charge in [-0.15, -0.1) is 0 Å². The standard InChI is InChI=1S/C28H28N4O12/c33-25-5-1-17-9-21(41-29-17)13-38-26(34)6-2-19-11-23(43-31-19)15-40-28(36)8-4-20-12-24(44-32-20)16-39-27(35)7-3-18-10-22(14-37-25)42-30-18/h9-12H,1-8,13-16H2. The zero-order chi connectivity index (χ0) is 30.7. The van der Waals surface area contributed by atoms with Crippen molar-refractivity contribution in [3.63, 3.8) is 0 Å². The maximum absolute atomic E-state index is 12.2. The van der Waals surface area contributed by atoms with Crippen LogP contribution in [0.3, 0.4) is 0 Å². The van der Waals surface area contributed by atoms with E-state index in [2.05, 4.69) is 20.6 Å². The first-order chi connectivity index (χ1) is 21.4. The average Bonchev–Trinajstić information content (AvgIpc) is 3.84. The molecule has 44 heavy (non-hydrogen) atoms. The summed E-state index contributed by atoms with van der Waals surface area (Å²) >= 11 is 0. The number of aromatic nitrogens is 4. The second-order valence-electron chi connectivity index (χ2n) is 9.78. The van der Waals surface area contributed by atoms with Crippen molar-refractivity contribution in [3.8, 4) is 0 Å². The van der Waals surface area contributed by atoms with Gasteiger partial charge in [-0.05, 0) is 0 Å². The van der Waals surface area contributed by atoms with Crippen molar-refractivity contribution in [2.45, 2.75) is 77.8 Å². The van der Waals surface area contributed by atoms with Gasteiger partial charge in [-0.3, -0.25) is 19.2 Å². The molecule has 1 aliphatic rings. The second kappa shape index (κ2) is 14.8. The van der Waals surface area contributed by atoms with Crippen LogP contribution in [0.2, 0.25) is 0 Å². The highest BCUT2D eigenvalue weighted by Crippen LogP contribution is 2.14. The Hall–Kier alpha value is -5.28. The van der Waals surface area contributed by atoms with E-state index in [1.165, 1.54) is 0 Å². The molecule has 4 aromatic heterocycles. The molecule has 0 atom stereocenters. The van der Waals surface area contributed by atoms with E-state index >= 15 is 0 Å². The van der Waals surface area contributed by atoms with E-state index in [4.69, 9.17) is 37.0 Å². The van der Waals surface area contributed by atoms with Gasteiger partial charge in [0, 0.05) is 49.9 Å². The summed E-state index contributed by atoms with van der Waals surface area (Å²) < 4.78 is 41.5. The molecule has 8 bridgehead atoms. The number of hydrogen-bond acceptors (Lipinski definition) is 16. The maximum atomic E-state index is 12.2. The molecule has 16 nitrogen and oxygen atoms in total. The van der Waals surface area contributed by atoms with Crippen molar-refractivity contribution in [3.05, 3.63) is 70.1 Å². The predicted molar refractivity (Wildman–Crippen MR) is 138 cm³/mol. The second-order valence-corrected chi connectivity index (χ2v) is 9.78. The first-order valence-corrected chi connectivity index (χ1v) is 13.8. The lowest BCUT2D eigenvalue weighted by atomic mass is 10.2. The SMILES string of the molecule is O=C1CCc2cc(on2)COC(=O)CCc2cc(on2)COC(=O)CCc2cc(on2)COC(=O)CCc2cc(on2)CO1. The molecule has 0 aromatic carbocycles. The first kappa shape index (κ1) is 30.2. The van der Waals surface area contributed by atoms with Crippen molar-refractivity contribution in [1.29, 1.82) is 0 Å². The number of rotatable bonds is 0. The number of esters is 4. The third-order valence-electron chi connectivity index (χ3n) is 6.27.